The van der Waals surface area contributed by atoms with Crippen LogP contribution in [0.5, 0.6) is 0 Å². The number of hydrogen-bond donors (Lipinski definition) is 1. The van der Waals surface area contributed by atoms with E-state index in [4.69, 9.17) is 0 Å². The predicted octanol–water partition coefficient (Wildman–Crippen LogP) is 4.19. The van der Waals surface area contributed by atoms with Crippen molar-refractivity contribution in [2.45, 2.75) is 44.6 Å². The first-order chi connectivity index (χ1) is 17.0. The number of hydrogen-bond acceptors (Lipinski definition) is 5. The topological polar surface area (TPSA) is 98.7 Å². The first-order valence-electron chi connectivity index (χ1n) is 11.7. The summed E-state index contributed by atoms with van der Waals surface area (Å²) in [5, 5.41) is 14.3. The third-order valence-electron chi connectivity index (χ3n) is 6.61. The highest BCUT2D eigenvalue weighted by Crippen LogP contribution is 2.35. The van der Waals surface area contributed by atoms with Gasteiger partial charge < -0.3 is 4.57 Å². The van der Waals surface area contributed by atoms with Crippen LogP contribution in [0, 0.1) is 0 Å². The second-order valence-electron chi connectivity index (χ2n) is 8.90. The van der Waals surface area contributed by atoms with E-state index in [1.807, 2.05) is 59.2 Å². The Morgan fingerprint density at radius 2 is 2.14 bits per heavy atom. The fourth-order valence-corrected chi connectivity index (χ4v) is 5.26. The highest BCUT2D eigenvalue weighted by atomic mass is 79.9. The van der Waals surface area contributed by atoms with Gasteiger partial charge in [-0.05, 0) is 63.3 Å². The Kier molecular flexibility index (Phi) is 6.38. The van der Waals surface area contributed by atoms with E-state index in [1.54, 1.807) is 4.57 Å². The summed E-state index contributed by atoms with van der Waals surface area (Å²) in [6, 6.07) is 10.1. The van der Waals surface area contributed by atoms with Crippen molar-refractivity contribution >= 4 is 22.1 Å². The van der Waals surface area contributed by atoms with Gasteiger partial charge in [0.2, 0.25) is 0 Å². The quantitative estimate of drug-likeness (QED) is 0.366. The van der Waals surface area contributed by atoms with Gasteiger partial charge in [-0.3, -0.25) is 14.1 Å². The summed E-state index contributed by atoms with van der Waals surface area (Å²) in [4.78, 5) is 18.2. The van der Waals surface area contributed by atoms with Gasteiger partial charge in [0.15, 0.2) is 5.82 Å². The smallest absolute Gasteiger partial charge is 0.334 e. The van der Waals surface area contributed by atoms with Gasteiger partial charge in [-0.15, -0.1) is 5.10 Å². The monoisotopic (exact) mass is 534 g/mol. The number of allylic oxidation sites excluding steroid dienone is 1. The SMILES string of the molecule is CCCCc1cn(-c2c(Br)ccn2C)c(=O)n1CC1(c2cccc(-c3nnn[nH]3)c2)C=CN=CC1. The summed E-state index contributed by atoms with van der Waals surface area (Å²) >= 11 is 3.61. The maximum atomic E-state index is 13.9. The molecule has 1 aliphatic heterocycles. The zero-order chi connectivity index (χ0) is 24.4. The molecule has 0 saturated carbocycles. The normalized spacial score (nSPS) is 17.3. The van der Waals surface area contributed by atoms with Crippen molar-refractivity contribution in [1.29, 1.82) is 0 Å². The molecule has 180 valence electrons. The zero-order valence-corrected chi connectivity index (χ0v) is 21.3. The van der Waals surface area contributed by atoms with Crippen molar-refractivity contribution in [3.63, 3.8) is 0 Å². The fourth-order valence-electron chi connectivity index (χ4n) is 4.67. The Balaban J connectivity index is 1.62. The molecule has 1 unspecified atom stereocenters. The number of tetrazole rings is 1. The average molecular weight is 535 g/mol. The minimum Gasteiger partial charge on any atom is -0.336 e. The molecule has 5 rings (SSSR count). The lowest BCUT2D eigenvalue weighted by Gasteiger charge is -2.32. The van der Waals surface area contributed by atoms with Gasteiger partial charge in [0.05, 0.1) is 4.47 Å². The second kappa shape index (κ2) is 9.61. The summed E-state index contributed by atoms with van der Waals surface area (Å²) in [5.74, 6) is 1.43. The van der Waals surface area contributed by atoms with Crippen LogP contribution in [0.4, 0.5) is 0 Å². The molecule has 0 saturated heterocycles. The van der Waals surface area contributed by atoms with Crippen LogP contribution in [0.2, 0.25) is 0 Å². The number of aryl methyl sites for hydroxylation is 2. The maximum absolute atomic E-state index is 13.9. The molecule has 35 heavy (non-hydrogen) atoms. The number of imidazole rings is 1. The van der Waals surface area contributed by atoms with E-state index in [1.165, 1.54) is 0 Å². The van der Waals surface area contributed by atoms with Crippen LogP contribution in [0.3, 0.4) is 0 Å². The molecule has 0 aliphatic carbocycles. The molecule has 1 aliphatic rings. The number of halogens is 1. The Labute approximate surface area is 211 Å². The van der Waals surface area contributed by atoms with Crippen molar-refractivity contribution in [1.82, 2.24) is 34.3 Å². The van der Waals surface area contributed by atoms with Gasteiger partial charge in [0.1, 0.15) is 5.82 Å². The van der Waals surface area contributed by atoms with Crippen molar-refractivity contribution < 1.29 is 0 Å². The molecular weight excluding hydrogens is 508 g/mol. The van der Waals surface area contributed by atoms with E-state index in [0.717, 1.165) is 46.4 Å². The number of aliphatic imine (C=N–C) groups is 1. The highest BCUT2D eigenvalue weighted by molar-refractivity contribution is 9.10. The summed E-state index contributed by atoms with van der Waals surface area (Å²) in [6.07, 6.45) is 13.4. The molecule has 0 bridgehead atoms. The third kappa shape index (κ3) is 4.34. The standard InChI is InChI=1S/C25H27BrN8O/c1-3-4-8-20-16-33(23-21(26)9-14-32(23)2)24(35)34(20)17-25(10-12-27-13-11-25)19-7-5-6-18(15-19)22-28-30-31-29-22/h5-7,9-10,12-16H,3-4,8,11,17H2,1-2H3,(H,28,29,30,31). The van der Waals surface area contributed by atoms with Gasteiger partial charge >= 0.3 is 5.69 Å². The van der Waals surface area contributed by atoms with Gasteiger partial charge in [0, 0.05) is 55.1 Å². The molecule has 10 heteroatoms. The molecule has 0 fully saturated rings. The molecular formula is C25H27BrN8O. The van der Waals surface area contributed by atoms with E-state index in [-0.39, 0.29) is 5.69 Å². The largest absolute Gasteiger partial charge is 0.336 e. The van der Waals surface area contributed by atoms with Crippen molar-refractivity contribution in [2.24, 2.45) is 12.0 Å². The lowest BCUT2D eigenvalue weighted by atomic mass is 9.76. The van der Waals surface area contributed by atoms with Crippen LogP contribution < -0.4 is 5.69 Å². The molecule has 0 amide bonds. The van der Waals surface area contributed by atoms with E-state index in [0.29, 0.717) is 18.8 Å². The average Bonchev–Trinajstić information content (AvgIpc) is 3.60. The maximum Gasteiger partial charge on any atom is 0.334 e. The molecule has 1 N–H and O–H groups in total. The first-order valence-corrected chi connectivity index (χ1v) is 12.5. The van der Waals surface area contributed by atoms with Crippen molar-refractivity contribution in [3.8, 4) is 17.2 Å². The zero-order valence-electron chi connectivity index (χ0n) is 19.7. The highest BCUT2D eigenvalue weighted by Gasteiger charge is 2.33. The molecule has 4 heterocycles. The van der Waals surface area contributed by atoms with E-state index >= 15 is 0 Å². The van der Waals surface area contributed by atoms with Gasteiger partial charge in [-0.1, -0.05) is 37.6 Å². The minimum absolute atomic E-state index is 0.0514. The molecule has 4 aromatic rings. The summed E-state index contributed by atoms with van der Waals surface area (Å²) < 4.78 is 6.52. The molecule has 1 aromatic carbocycles. The van der Waals surface area contributed by atoms with Gasteiger partial charge in [-0.2, -0.15) is 0 Å². The molecule has 9 nitrogen and oxygen atoms in total. The van der Waals surface area contributed by atoms with Crippen LogP contribution in [0.1, 0.15) is 37.4 Å². The van der Waals surface area contributed by atoms with Crippen LogP contribution in [-0.4, -0.2) is 40.5 Å². The van der Waals surface area contributed by atoms with E-state index < -0.39 is 5.41 Å². The van der Waals surface area contributed by atoms with Crippen LogP contribution >= 0.6 is 15.9 Å². The van der Waals surface area contributed by atoms with Crippen molar-refractivity contribution in [2.75, 3.05) is 0 Å². The Bertz CT molecular complexity index is 1420. The van der Waals surface area contributed by atoms with Gasteiger partial charge in [-0.25, -0.2) is 9.89 Å². The number of nitrogens with zero attached hydrogens (tertiary/aromatic N) is 7. The van der Waals surface area contributed by atoms with E-state index in [9.17, 15) is 4.79 Å². The molecule has 3 aromatic heterocycles. The van der Waals surface area contributed by atoms with Crippen LogP contribution in [-0.2, 0) is 25.4 Å². The molecule has 1 atom stereocenters. The Hall–Kier alpha value is -3.53. The number of benzene rings is 1. The number of aromatic amines is 1. The Morgan fingerprint density at radius 1 is 1.26 bits per heavy atom. The lowest BCUT2D eigenvalue weighted by molar-refractivity contribution is 0.438. The number of H-pyrrole nitrogens is 1. The third-order valence-corrected chi connectivity index (χ3v) is 7.22. The summed E-state index contributed by atoms with van der Waals surface area (Å²) in [5.41, 5.74) is 2.51. The number of rotatable bonds is 8. The van der Waals surface area contributed by atoms with Crippen molar-refractivity contribution in [3.05, 3.63) is 81.2 Å². The lowest BCUT2D eigenvalue weighted by Crippen LogP contribution is -2.37. The molecule has 0 radical (unpaired) electrons. The fraction of sp³-hybridized carbons (Fsp3) is 0.320. The summed E-state index contributed by atoms with van der Waals surface area (Å²) in [6.45, 7) is 2.67. The number of aromatic nitrogens is 7. The van der Waals surface area contributed by atoms with Crippen LogP contribution in [0.15, 0.2) is 69.3 Å². The second-order valence-corrected chi connectivity index (χ2v) is 9.75. The number of nitrogens with one attached hydrogen (secondary N) is 1. The predicted molar refractivity (Wildman–Crippen MR) is 139 cm³/mol. The summed E-state index contributed by atoms with van der Waals surface area (Å²) in [7, 11) is 1.95. The van der Waals surface area contributed by atoms with Gasteiger partial charge in [0.25, 0.3) is 0 Å². The first kappa shape index (κ1) is 23.2. The van der Waals surface area contributed by atoms with E-state index in [2.05, 4.69) is 66.7 Å². The minimum atomic E-state index is -0.437. The Morgan fingerprint density at radius 3 is 2.83 bits per heavy atom. The molecule has 0 spiro atoms. The number of unbranched alkanes of at least 4 members (excludes halogenated alkanes) is 1. The van der Waals surface area contributed by atoms with Crippen LogP contribution in [0.25, 0.3) is 17.2 Å².